The summed E-state index contributed by atoms with van der Waals surface area (Å²) in [5.41, 5.74) is 3.47. The highest BCUT2D eigenvalue weighted by Gasteiger charge is 2.25. The molecule has 0 radical (unpaired) electrons. The number of benzene rings is 2. The van der Waals surface area contributed by atoms with Crippen molar-refractivity contribution in [3.63, 3.8) is 0 Å². The van der Waals surface area contributed by atoms with Crippen LogP contribution >= 0.6 is 0 Å². The van der Waals surface area contributed by atoms with Crippen molar-refractivity contribution in [2.75, 3.05) is 13.7 Å². The number of amides is 2. The van der Waals surface area contributed by atoms with Crippen LogP contribution in [0.25, 0.3) is 0 Å². The predicted molar refractivity (Wildman–Crippen MR) is 134 cm³/mol. The Hall–Kier alpha value is -2.82. The molecule has 5 nitrogen and oxygen atoms in total. The van der Waals surface area contributed by atoms with Crippen molar-refractivity contribution in [3.8, 4) is 5.75 Å². The molecule has 0 saturated heterocycles. The highest BCUT2D eigenvalue weighted by molar-refractivity contribution is 5.87. The fraction of sp³-hybridized carbons (Fsp3) is 0.500. The van der Waals surface area contributed by atoms with Crippen LogP contribution in [0, 0.1) is 0 Å². The number of nitrogens with one attached hydrogen (secondary N) is 1. The maximum absolute atomic E-state index is 13.3. The second kappa shape index (κ2) is 12.4. The number of carbonyl (C=O) groups excluding carboxylic acids is 2. The number of hydrogen-bond donors (Lipinski definition) is 1. The van der Waals surface area contributed by atoms with Gasteiger partial charge in [0.05, 0.1) is 7.11 Å². The minimum atomic E-state index is -0.542. The summed E-state index contributed by atoms with van der Waals surface area (Å²) in [7, 11) is 1.63. The second-order valence-corrected chi connectivity index (χ2v) is 9.64. The summed E-state index contributed by atoms with van der Waals surface area (Å²) in [4.78, 5) is 27.7. The molecule has 5 heteroatoms. The lowest BCUT2D eigenvalue weighted by atomic mass is 9.86. The Bertz CT molecular complexity index is 883. The lowest BCUT2D eigenvalue weighted by molar-refractivity contribution is -0.140. The van der Waals surface area contributed by atoms with Crippen LogP contribution in [-0.2, 0) is 28.0 Å². The molecule has 0 aliphatic rings. The Morgan fingerprint density at radius 1 is 1.00 bits per heavy atom. The van der Waals surface area contributed by atoms with Crippen LogP contribution < -0.4 is 10.1 Å². The first-order valence-electron chi connectivity index (χ1n) is 11.9. The van der Waals surface area contributed by atoms with Gasteiger partial charge in [-0.05, 0) is 54.0 Å². The molecule has 0 spiro atoms. The molecule has 0 fully saturated rings. The SMILES string of the molecule is CCCCNC(=O)[C@H](C)N(Cc1ccc(OC)cc1)C(=O)CCc1ccc(C(C)(C)C)cc1. The first-order valence-corrected chi connectivity index (χ1v) is 11.9. The average Bonchev–Trinajstić information content (AvgIpc) is 2.80. The number of nitrogens with zero attached hydrogens (tertiary/aromatic N) is 1. The third kappa shape index (κ3) is 8.23. The number of ether oxygens (including phenoxy) is 1. The Labute approximate surface area is 199 Å². The Balaban J connectivity index is 2.11. The molecule has 0 aliphatic heterocycles. The molecule has 33 heavy (non-hydrogen) atoms. The van der Waals surface area contributed by atoms with Gasteiger partial charge in [-0.3, -0.25) is 9.59 Å². The van der Waals surface area contributed by atoms with Crippen LogP contribution in [0.1, 0.15) is 70.6 Å². The Morgan fingerprint density at radius 3 is 2.15 bits per heavy atom. The van der Waals surface area contributed by atoms with Crippen LogP contribution in [0.5, 0.6) is 5.75 Å². The Morgan fingerprint density at radius 2 is 1.61 bits per heavy atom. The first kappa shape index (κ1) is 26.4. The molecule has 1 atom stereocenters. The molecule has 1 N–H and O–H groups in total. The van der Waals surface area contributed by atoms with Crippen molar-refractivity contribution < 1.29 is 14.3 Å². The van der Waals surface area contributed by atoms with Crippen molar-refractivity contribution in [1.82, 2.24) is 10.2 Å². The van der Waals surface area contributed by atoms with E-state index in [0.717, 1.165) is 29.7 Å². The van der Waals surface area contributed by atoms with Crippen LogP contribution in [-0.4, -0.2) is 36.4 Å². The summed E-state index contributed by atoms with van der Waals surface area (Å²) in [5.74, 6) is 0.629. The van der Waals surface area contributed by atoms with E-state index in [1.807, 2.05) is 24.3 Å². The average molecular weight is 453 g/mol. The largest absolute Gasteiger partial charge is 0.497 e. The summed E-state index contributed by atoms with van der Waals surface area (Å²) in [6.07, 6.45) is 2.94. The summed E-state index contributed by atoms with van der Waals surface area (Å²) in [6, 6.07) is 15.6. The fourth-order valence-corrected chi connectivity index (χ4v) is 3.61. The maximum atomic E-state index is 13.3. The predicted octanol–water partition coefficient (Wildman–Crippen LogP) is 5.26. The van der Waals surface area contributed by atoms with Crippen LogP contribution in [0.15, 0.2) is 48.5 Å². The zero-order valence-electron chi connectivity index (χ0n) is 21.1. The van der Waals surface area contributed by atoms with Crippen molar-refractivity contribution in [1.29, 1.82) is 0 Å². The first-order chi connectivity index (χ1) is 15.7. The van der Waals surface area contributed by atoms with E-state index >= 15 is 0 Å². The molecule has 0 saturated carbocycles. The van der Waals surface area contributed by atoms with Gasteiger partial charge in [0.1, 0.15) is 11.8 Å². The lowest BCUT2D eigenvalue weighted by Gasteiger charge is -2.29. The van der Waals surface area contributed by atoms with Crippen molar-refractivity contribution >= 4 is 11.8 Å². The van der Waals surface area contributed by atoms with Gasteiger partial charge in [0.25, 0.3) is 0 Å². The third-order valence-corrected chi connectivity index (χ3v) is 5.96. The van der Waals surface area contributed by atoms with Crippen LogP contribution in [0.4, 0.5) is 0 Å². The van der Waals surface area contributed by atoms with Crippen LogP contribution in [0.2, 0.25) is 0 Å². The molecule has 180 valence electrons. The van der Waals surface area contributed by atoms with Gasteiger partial charge in [0.2, 0.25) is 11.8 Å². The molecule has 2 aromatic rings. The molecule has 2 aromatic carbocycles. The monoisotopic (exact) mass is 452 g/mol. The Kier molecular flexibility index (Phi) is 9.95. The number of aryl methyl sites for hydroxylation is 1. The number of unbranched alkanes of at least 4 members (excludes halogenated alkanes) is 1. The van der Waals surface area contributed by atoms with Gasteiger partial charge >= 0.3 is 0 Å². The van der Waals surface area contributed by atoms with Gasteiger partial charge in [-0.1, -0.05) is 70.5 Å². The lowest BCUT2D eigenvalue weighted by Crippen LogP contribution is -2.47. The second-order valence-electron chi connectivity index (χ2n) is 9.64. The summed E-state index contributed by atoms with van der Waals surface area (Å²) in [6.45, 7) is 11.5. The standard InChI is InChI=1S/C28H40N2O3/c1-7-8-19-29-27(32)21(2)30(20-23-11-16-25(33-6)17-12-23)26(31)18-13-22-9-14-24(15-10-22)28(3,4)5/h9-12,14-17,21H,7-8,13,18-20H2,1-6H3,(H,29,32)/t21-/m0/s1. The molecule has 0 heterocycles. The molecule has 0 unspecified atom stereocenters. The van der Waals surface area contributed by atoms with Crippen molar-refractivity contribution in [2.24, 2.45) is 0 Å². The minimum absolute atomic E-state index is 0.0242. The maximum Gasteiger partial charge on any atom is 0.242 e. The molecular weight excluding hydrogens is 412 g/mol. The molecule has 2 amide bonds. The van der Waals surface area contributed by atoms with Gasteiger partial charge in [0.15, 0.2) is 0 Å². The van der Waals surface area contributed by atoms with Crippen molar-refractivity contribution in [2.45, 2.75) is 78.3 Å². The topological polar surface area (TPSA) is 58.6 Å². The van der Waals surface area contributed by atoms with E-state index < -0.39 is 6.04 Å². The highest BCUT2D eigenvalue weighted by atomic mass is 16.5. The van der Waals surface area contributed by atoms with E-state index in [-0.39, 0.29) is 17.2 Å². The summed E-state index contributed by atoms with van der Waals surface area (Å²) >= 11 is 0. The quantitative estimate of drug-likeness (QED) is 0.473. The van der Waals surface area contributed by atoms with E-state index in [1.54, 1.807) is 18.9 Å². The number of carbonyl (C=O) groups is 2. The zero-order valence-corrected chi connectivity index (χ0v) is 21.1. The summed E-state index contributed by atoms with van der Waals surface area (Å²) in [5, 5.41) is 2.96. The highest BCUT2D eigenvalue weighted by Crippen LogP contribution is 2.23. The third-order valence-electron chi connectivity index (χ3n) is 5.96. The van der Waals surface area contributed by atoms with Gasteiger partial charge in [-0.25, -0.2) is 0 Å². The van der Waals surface area contributed by atoms with E-state index in [4.69, 9.17) is 4.74 Å². The fourth-order valence-electron chi connectivity index (χ4n) is 3.61. The number of hydrogen-bond acceptors (Lipinski definition) is 3. The van der Waals surface area contributed by atoms with Gasteiger partial charge in [-0.15, -0.1) is 0 Å². The smallest absolute Gasteiger partial charge is 0.242 e. The normalized spacial score (nSPS) is 12.2. The number of rotatable bonds is 11. The number of methoxy groups -OCH3 is 1. The van der Waals surface area contributed by atoms with Crippen molar-refractivity contribution in [3.05, 3.63) is 65.2 Å². The molecule has 0 bridgehead atoms. The van der Waals surface area contributed by atoms with E-state index in [2.05, 4.69) is 57.3 Å². The van der Waals surface area contributed by atoms with Gasteiger partial charge < -0.3 is 15.0 Å². The molecule has 2 rings (SSSR count). The molecule has 0 aliphatic carbocycles. The van der Waals surface area contributed by atoms with E-state index in [0.29, 0.717) is 25.9 Å². The zero-order chi connectivity index (χ0) is 24.4. The van der Waals surface area contributed by atoms with Crippen LogP contribution in [0.3, 0.4) is 0 Å². The summed E-state index contributed by atoms with van der Waals surface area (Å²) < 4.78 is 5.23. The van der Waals surface area contributed by atoms with Gasteiger partial charge in [-0.2, -0.15) is 0 Å². The van der Waals surface area contributed by atoms with E-state index in [1.165, 1.54) is 5.56 Å². The van der Waals surface area contributed by atoms with E-state index in [9.17, 15) is 9.59 Å². The molecule has 0 aromatic heterocycles. The van der Waals surface area contributed by atoms with Gasteiger partial charge in [0, 0.05) is 19.5 Å². The minimum Gasteiger partial charge on any atom is -0.497 e. The molecular formula is C28H40N2O3.